The second-order valence-electron chi connectivity index (χ2n) is 8.56. The Hall–Kier alpha value is -4.33. The Bertz CT molecular complexity index is 1260. The average Bonchev–Trinajstić information content (AvgIpc) is 3.11. The number of carbonyl (C=O) groups is 3. The van der Waals surface area contributed by atoms with Gasteiger partial charge in [0.1, 0.15) is 6.04 Å². The smallest absolute Gasteiger partial charge is 0.332 e. The van der Waals surface area contributed by atoms with Crippen molar-refractivity contribution >= 4 is 29.2 Å². The Morgan fingerprint density at radius 1 is 0.917 bits per heavy atom. The molecule has 1 heterocycles. The molecule has 1 aliphatic heterocycles. The van der Waals surface area contributed by atoms with E-state index in [1.807, 2.05) is 43.3 Å². The number of rotatable bonds is 9. The maximum atomic E-state index is 13.5. The van der Waals surface area contributed by atoms with Crippen LogP contribution in [0.1, 0.15) is 17.5 Å². The van der Waals surface area contributed by atoms with E-state index >= 15 is 0 Å². The molecule has 0 bridgehead atoms. The summed E-state index contributed by atoms with van der Waals surface area (Å²) in [6, 6.07) is 20.4. The van der Waals surface area contributed by atoms with Crippen LogP contribution in [0.3, 0.4) is 0 Å². The molecule has 8 nitrogen and oxygen atoms in total. The number of aryl methyl sites for hydroxylation is 1. The number of methoxy groups -OCH3 is 2. The minimum atomic E-state index is -0.915. The van der Waals surface area contributed by atoms with Gasteiger partial charge in [-0.25, -0.2) is 9.69 Å². The van der Waals surface area contributed by atoms with Crippen molar-refractivity contribution in [2.45, 2.75) is 25.8 Å². The lowest BCUT2D eigenvalue weighted by Crippen LogP contribution is -2.39. The zero-order valence-electron chi connectivity index (χ0n) is 20.6. The molecule has 1 saturated heterocycles. The van der Waals surface area contributed by atoms with Gasteiger partial charge in [0.05, 0.1) is 26.3 Å². The number of carbonyl (C=O) groups excluding carboxylic acids is 3. The van der Waals surface area contributed by atoms with Crippen LogP contribution in [0.25, 0.3) is 0 Å². The highest BCUT2D eigenvalue weighted by molar-refractivity contribution is 6.22. The average molecular weight is 488 g/mol. The lowest BCUT2D eigenvalue weighted by atomic mass is 10.1. The van der Waals surface area contributed by atoms with Gasteiger partial charge in [-0.3, -0.25) is 9.59 Å². The minimum absolute atomic E-state index is 0.145. The summed E-state index contributed by atoms with van der Waals surface area (Å²) in [5.41, 5.74) is 2.96. The molecular weight excluding hydrogens is 458 g/mol. The van der Waals surface area contributed by atoms with E-state index in [1.54, 1.807) is 50.6 Å². The molecule has 1 fully saturated rings. The van der Waals surface area contributed by atoms with E-state index in [4.69, 9.17) is 9.47 Å². The number of nitrogens with one attached hydrogen (secondary N) is 1. The molecule has 0 aromatic heterocycles. The Morgan fingerprint density at radius 2 is 1.67 bits per heavy atom. The summed E-state index contributed by atoms with van der Waals surface area (Å²) in [5.74, 6) is 0.435. The number of para-hydroxylation sites is 1. The summed E-state index contributed by atoms with van der Waals surface area (Å²) >= 11 is 0. The summed E-state index contributed by atoms with van der Waals surface area (Å²) in [5, 5.41) is 2.81. The zero-order valence-corrected chi connectivity index (χ0v) is 20.6. The molecule has 0 unspecified atom stereocenters. The lowest BCUT2D eigenvalue weighted by molar-refractivity contribution is -0.124. The van der Waals surface area contributed by atoms with E-state index in [2.05, 4.69) is 5.32 Å². The fourth-order valence-corrected chi connectivity index (χ4v) is 4.29. The summed E-state index contributed by atoms with van der Waals surface area (Å²) in [6.45, 7) is 2.15. The van der Waals surface area contributed by atoms with Crippen LogP contribution in [0.4, 0.5) is 16.2 Å². The Balaban J connectivity index is 1.57. The number of urea groups is 1. The monoisotopic (exact) mass is 487 g/mol. The first-order chi connectivity index (χ1) is 17.4. The van der Waals surface area contributed by atoms with Crippen molar-refractivity contribution in [3.8, 4) is 11.5 Å². The van der Waals surface area contributed by atoms with Gasteiger partial charge in [-0.1, -0.05) is 36.4 Å². The number of hydrogen-bond acceptors (Lipinski definition) is 5. The van der Waals surface area contributed by atoms with Gasteiger partial charge in [0, 0.05) is 12.2 Å². The van der Waals surface area contributed by atoms with Gasteiger partial charge in [-0.15, -0.1) is 0 Å². The normalized spacial score (nSPS) is 15.2. The molecule has 1 atom stereocenters. The van der Waals surface area contributed by atoms with Gasteiger partial charge < -0.3 is 19.7 Å². The fraction of sp³-hybridized carbons (Fsp3) is 0.250. The van der Waals surface area contributed by atoms with Crippen LogP contribution in [0.15, 0.2) is 72.8 Å². The number of anilines is 2. The highest BCUT2D eigenvalue weighted by Crippen LogP contribution is 2.30. The third-order valence-electron chi connectivity index (χ3n) is 6.10. The molecule has 1 N–H and O–H groups in total. The van der Waals surface area contributed by atoms with Crippen molar-refractivity contribution in [1.82, 2.24) is 4.90 Å². The van der Waals surface area contributed by atoms with Crippen molar-refractivity contribution in [2.24, 2.45) is 0 Å². The second kappa shape index (κ2) is 10.9. The summed E-state index contributed by atoms with van der Waals surface area (Å²) in [6.07, 6.45) is 0.325. The summed E-state index contributed by atoms with van der Waals surface area (Å²) in [4.78, 5) is 42.4. The van der Waals surface area contributed by atoms with Crippen LogP contribution in [-0.2, 0) is 16.0 Å². The Labute approximate surface area is 210 Å². The maximum Gasteiger partial charge on any atom is 0.332 e. The van der Waals surface area contributed by atoms with Crippen molar-refractivity contribution in [2.75, 3.05) is 31.0 Å². The van der Waals surface area contributed by atoms with Crippen molar-refractivity contribution in [1.29, 1.82) is 0 Å². The van der Waals surface area contributed by atoms with Gasteiger partial charge in [-0.05, 0) is 60.9 Å². The van der Waals surface area contributed by atoms with Gasteiger partial charge in [0.2, 0.25) is 5.91 Å². The van der Waals surface area contributed by atoms with Gasteiger partial charge in [0.25, 0.3) is 5.91 Å². The van der Waals surface area contributed by atoms with Crippen LogP contribution in [-0.4, -0.2) is 49.6 Å². The number of ether oxygens (including phenoxy) is 2. The van der Waals surface area contributed by atoms with Crippen molar-refractivity contribution < 1.29 is 23.9 Å². The number of hydrogen-bond donors (Lipinski definition) is 1. The van der Waals surface area contributed by atoms with E-state index in [0.717, 1.165) is 11.1 Å². The first-order valence-electron chi connectivity index (χ1n) is 11.7. The molecule has 36 heavy (non-hydrogen) atoms. The molecule has 3 aromatic rings. The SMILES string of the molecule is COc1ccc(CCN2C(=O)N(c3cccc(C)c3)C(=O)[C@@H]2CC(=O)Nc2ccccc2)cc1OC. The summed E-state index contributed by atoms with van der Waals surface area (Å²) < 4.78 is 10.7. The topological polar surface area (TPSA) is 88.2 Å². The predicted molar refractivity (Wildman–Crippen MR) is 137 cm³/mol. The molecule has 0 radical (unpaired) electrons. The lowest BCUT2D eigenvalue weighted by Gasteiger charge is -2.22. The maximum absolute atomic E-state index is 13.5. The van der Waals surface area contributed by atoms with Gasteiger partial charge >= 0.3 is 6.03 Å². The molecular formula is C28H29N3O5. The van der Waals surface area contributed by atoms with Crippen LogP contribution >= 0.6 is 0 Å². The van der Waals surface area contributed by atoms with Crippen LogP contribution < -0.4 is 19.7 Å². The first kappa shape index (κ1) is 24.8. The summed E-state index contributed by atoms with van der Waals surface area (Å²) in [7, 11) is 3.13. The van der Waals surface area contributed by atoms with E-state index < -0.39 is 18.0 Å². The standard InChI is InChI=1S/C28H29N3O5/c1-19-8-7-11-22(16-19)31-27(33)23(18-26(32)29-21-9-5-4-6-10-21)30(28(31)34)15-14-20-12-13-24(35-2)25(17-20)36-3/h4-13,16-17,23H,14-15,18H2,1-3H3,(H,29,32)/t23-/m0/s1. The quantitative estimate of drug-likeness (QED) is 0.452. The number of benzene rings is 3. The van der Waals surface area contributed by atoms with E-state index in [-0.39, 0.29) is 18.9 Å². The first-order valence-corrected chi connectivity index (χ1v) is 11.7. The molecule has 0 spiro atoms. The van der Waals surface area contributed by atoms with Crippen molar-refractivity contribution in [3.05, 3.63) is 83.9 Å². The third kappa shape index (κ3) is 5.33. The molecule has 0 saturated carbocycles. The molecule has 8 heteroatoms. The highest BCUT2D eigenvalue weighted by Gasteiger charge is 2.46. The van der Waals surface area contributed by atoms with Crippen LogP contribution in [0.2, 0.25) is 0 Å². The van der Waals surface area contributed by atoms with Gasteiger partial charge in [0.15, 0.2) is 11.5 Å². The molecule has 186 valence electrons. The largest absolute Gasteiger partial charge is 0.493 e. The van der Waals surface area contributed by atoms with Crippen molar-refractivity contribution in [3.63, 3.8) is 0 Å². The number of nitrogens with zero attached hydrogens (tertiary/aromatic N) is 2. The molecule has 4 rings (SSSR count). The van der Waals surface area contributed by atoms with E-state index in [0.29, 0.717) is 29.3 Å². The molecule has 0 aliphatic carbocycles. The highest BCUT2D eigenvalue weighted by atomic mass is 16.5. The van der Waals surface area contributed by atoms with Crippen LogP contribution in [0, 0.1) is 6.92 Å². The molecule has 3 aromatic carbocycles. The zero-order chi connectivity index (χ0) is 25.7. The van der Waals surface area contributed by atoms with Gasteiger partial charge in [-0.2, -0.15) is 0 Å². The number of imide groups is 1. The third-order valence-corrected chi connectivity index (χ3v) is 6.10. The Morgan fingerprint density at radius 3 is 2.36 bits per heavy atom. The second-order valence-corrected chi connectivity index (χ2v) is 8.56. The Kier molecular flexibility index (Phi) is 7.53. The molecule has 4 amide bonds. The van der Waals surface area contributed by atoms with E-state index in [1.165, 1.54) is 9.80 Å². The number of amides is 4. The minimum Gasteiger partial charge on any atom is -0.493 e. The van der Waals surface area contributed by atoms with Crippen LogP contribution in [0.5, 0.6) is 11.5 Å². The fourth-order valence-electron chi connectivity index (χ4n) is 4.29. The van der Waals surface area contributed by atoms with E-state index in [9.17, 15) is 14.4 Å². The molecule has 1 aliphatic rings. The predicted octanol–water partition coefficient (Wildman–Crippen LogP) is 4.42.